The number of ether oxygens (including phenoxy) is 3. The lowest BCUT2D eigenvalue weighted by Crippen LogP contribution is -2.39. The highest BCUT2D eigenvalue weighted by atomic mass is 16.6. The van der Waals surface area contributed by atoms with Gasteiger partial charge < -0.3 is 30.2 Å². The Morgan fingerprint density at radius 2 is 1.58 bits per heavy atom. The molecule has 0 aliphatic carbocycles. The van der Waals surface area contributed by atoms with Crippen molar-refractivity contribution in [2.45, 2.75) is 59.1 Å². The molecule has 0 bridgehead atoms. The standard InChI is InChI=1S/C23H40N4O4/c1-6-30-17-9-16-25-21(27-18-19-10-12-20(29-5)13-11-19)24-14-7-8-15-26-22(28)31-23(2,3)4/h10-13H,6-9,14-18H2,1-5H3,(H,26,28)(H2,24,25,27). The molecule has 0 heterocycles. The number of nitrogens with zero attached hydrogens (tertiary/aromatic N) is 1. The molecule has 0 aromatic heterocycles. The van der Waals surface area contributed by atoms with Gasteiger partial charge in [-0.05, 0) is 64.7 Å². The number of carbonyl (C=O) groups is 1. The third-order valence-corrected chi connectivity index (χ3v) is 4.11. The van der Waals surface area contributed by atoms with Crippen molar-refractivity contribution in [2.24, 2.45) is 4.99 Å². The van der Waals surface area contributed by atoms with Gasteiger partial charge in [-0.3, -0.25) is 0 Å². The van der Waals surface area contributed by atoms with Crippen LogP contribution in [-0.4, -0.2) is 57.6 Å². The Bertz CT molecular complexity index is 642. The van der Waals surface area contributed by atoms with Crippen LogP contribution in [0.15, 0.2) is 29.3 Å². The van der Waals surface area contributed by atoms with Crippen LogP contribution >= 0.6 is 0 Å². The Balaban J connectivity index is 2.39. The average Bonchev–Trinajstić information content (AvgIpc) is 2.72. The highest BCUT2D eigenvalue weighted by molar-refractivity contribution is 5.79. The number of amides is 1. The molecular weight excluding hydrogens is 396 g/mol. The van der Waals surface area contributed by atoms with Gasteiger partial charge >= 0.3 is 6.09 Å². The van der Waals surface area contributed by atoms with Gasteiger partial charge in [-0.1, -0.05) is 12.1 Å². The molecule has 0 aliphatic rings. The first-order chi connectivity index (χ1) is 14.8. The van der Waals surface area contributed by atoms with Crippen molar-refractivity contribution in [3.8, 4) is 5.75 Å². The topological polar surface area (TPSA) is 93.2 Å². The Labute approximate surface area is 187 Å². The van der Waals surface area contributed by atoms with E-state index in [0.717, 1.165) is 62.8 Å². The fourth-order valence-electron chi connectivity index (χ4n) is 2.56. The van der Waals surface area contributed by atoms with Gasteiger partial charge in [0.2, 0.25) is 0 Å². The smallest absolute Gasteiger partial charge is 0.407 e. The summed E-state index contributed by atoms with van der Waals surface area (Å²) in [6.07, 6.45) is 2.29. The minimum Gasteiger partial charge on any atom is -0.497 e. The van der Waals surface area contributed by atoms with Crippen LogP contribution in [0.1, 0.15) is 52.5 Å². The van der Waals surface area contributed by atoms with Crippen molar-refractivity contribution >= 4 is 12.1 Å². The van der Waals surface area contributed by atoms with Crippen LogP contribution in [0.5, 0.6) is 5.75 Å². The molecule has 8 nitrogen and oxygen atoms in total. The van der Waals surface area contributed by atoms with Gasteiger partial charge in [0, 0.05) is 32.8 Å². The number of guanidine groups is 1. The molecule has 1 aromatic carbocycles. The van der Waals surface area contributed by atoms with Crippen LogP contribution in [0.25, 0.3) is 0 Å². The molecule has 8 heteroatoms. The molecule has 0 saturated heterocycles. The first kappa shape index (κ1) is 26.6. The number of aliphatic imine (C=N–C) groups is 1. The summed E-state index contributed by atoms with van der Waals surface area (Å²) in [6.45, 7) is 11.7. The third-order valence-electron chi connectivity index (χ3n) is 4.11. The van der Waals surface area contributed by atoms with E-state index < -0.39 is 5.60 Å². The van der Waals surface area contributed by atoms with Gasteiger partial charge in [0.15, 0.2) is 5.96 Å². The van der Waals surface area contributed by atoms with E-state index in [9.17, 15) is 4.79 Å². The van der Waals surface area contributed by atoms with Crippen molar-refractivity contribution < 1.29 is 19.0 Å². The quantitative estimate of drug-likeness (QED) is 0.249. The summed E-state index contributed by atoms with van der Waals surface area (Å²) in [4.78, 5) is 16.3. The number of hydrogen-bond acceptors (Lipinski definition) is 5. The van der Waals surface area contributed by atoms with Gasteiger partial charge in [0.25, 0.3) is 0 Å². The molecule has 1 aromatic rings. The predicted octanol–water partition coefficient (Wildman–Crippen LogP) is 3.46. The second kappa shape index (κ2) is 15.3. The van der Waals surface area contributed by atoms with Crippen LogP contribution in [0.3, 0.4) is 0 Å². The molecule has 0 saturated carbocycles. The van der Waals surface area contributed by atoms with Crippen LogP contribution in [0.2, 0.25) is 0 Å². The summed E-state index contributed by atoms with van der Waals surface area (Å²) in [6, 6.07) is 7.89. The lowest BCUT2D eigenvalue weighted by molar-refractivity contribution is 0.0527. The number of hydrogen-bond donors (Lipinski definition) is 3. The Morgan fingerprint density at radius 1 is 0.968 bits per heavy atom. The normalized spacial score (nSPS) is 11.7. The number of unbranched alkanes of at least 4 members (excludes halogenated alkanes) is 1. The highest BCUT2D eigenvalue weighted by Crippen LogP contribution is 2.11. The van der Waals surface area contributed by atoms with Gasteiger partial charge in [0.05, 0.1) is 13.7 Å². The van der Waals surface area contributed by atoms with Crippen LogP contribution in [0, 0.1) is 0 Å². The lowest BCUT2D eigenvalue weighted by atomic mass is 10.2. The van der Waals surface area contributed by atoms with Crippen molar-refractivity contribution in [1.82, 2.24) is 16.0 Å². The zero-order valence-electron chi connectivity index (χ0n) is 19.8. The van der Waals surface area contributed by atoms with E-state index in [1.807, 2.05) is 52.0 Å². The fourth-order valence-corrected chi connectivity index (χ4v) is 2.56. The number of carbonyl (C=O) groups excluding carboxylic acids is 1. The minimum atomic E-state index is -0.477. The van der Waals surface area contributed by atoms with Crippen molar-refractivity contribution in [3.05, 3.63) is 29.8 Å². The van der Waals surface area contributed by atoms with Gasteiger partial charge in [-0.25, -0.2) is 9.79 Å². The number of nitrogens with one attached hydrogen (secondary N) is 3. The summed E-state index contributed by atoms with van der Waals surface area (Å²) in [5.74, 6) is 1.60. The van der Waals surface area contributed by atoms with Gasteiger partial charge in [-0.15, -0.1) is 0 Å². The molecule has 31 heavy (non-hydrogen) atoms. The van der Waals surface area contributed by atoms with E-state index in [0.29, 0.717) is 13.1 Å². The van der Waals surface area contributed by atoms with Crippen LogP contribution in [-0.2, 0) is 16.0 Å². The second-order valence-electron chi connectivity index (χ2n) is 8.05. The van der Waals surface area contributed by atoms with E-state index in [1.165, 1.54) is 0 Å². The first-order valence-electron chi connectivity index (χ1n) is 11.0. The van der Waals surface area contributed by atoms with E-state index >= 15 is 0 Å². The molecule has 3 N–H and O–H groups in total. The Morgan fingerprint density at radius 3 is 2.16 bits per heavy atom. The molecule has 176 valence electrons. The number of methoxy groups -OCH3 is 1. The van der Waals surface area contributed by atoms with Crippen LogP contribution in [0.4, 0.5) is 4.79 Å². The molecular formula is C23H40N4O4. The summed E-state index contributed by atoms with van der Waals surface area (Å²) in [5.41, 5.74) is 0.632. The molecule has 1 rings (SSSR count). The molecule has 0 atom stereocenters. The number of benzene rings is 1. The lowest BCUT2D eigenvalue weighted by Gasteiger charge is -2.19. The molecule has 1 amide bonds. The predicted molar refractivity (Wildman–Crippen MR) is 125 cm³/mol. The van der Waals surface area contributed by atoms with E-state index in [1.54, 1.807) is 7.11 Å². The maximum atomic E-state index is 11.7. The minimum absolute atomic E-state index is 0.377. The first-order valence-corrected chi connectivity index (χ1v) is 11.0. The maximum absolute atomic E-state index is 11.7. The number of rotatable bonds is 13. The second-order valence-corrected chi connectivity index (χ2v) is 8.05. The van der Waals surface area contributed by atoms with Gasteiger partial charge in [-0.2, -0.15) is 0 Å². The Hall–Kier alpha value is -2.48. The summed E-state index contributed by atoms with van der Waals surface area (Å²) in [5, 5.41) is 9.49. The third kappa shape index (κ3) is 14.2. The van der Waals surface area contributed by atoms with Crippen molar-refractivity contribution in [1.29, 1.82) is 0 Å². The van der Waals surface area contributed by atoms with E-state index in [2.05, 4.69) is 20.9 Å². The van der Waals surface area contributed by atoms with E-state index in [-0.39, 0.29) is 6.09 Å². The van der Waals surface area contributed by atoms with Crippen molar-refractivity contribution in [2.75, 3.05) is 40.0 Å². The summed E-state index contributed by atoms with van der Waals surface area (Å²) >= 11 is 0. The van der Waals surface area contributed by atoms with Crippen molar-refractivity contribution in [3.63, 3.8) is 0 Å². The highest BCUT2D eigenvalue weighted by Gasteiger charge is 2.15. The zero-order chi connectivity index (χ0) is 23.0. The molecule has 0 radical (unpaired) electrons. The SMILES string of the molecule is CCOCCCNC(=NCc1ccc(OC)cc1)NCCCCNC(=O)OC(C)(C)C. The summed E-state index contributed by atoms with van der Waals surface area (Å²) in [7, 11) is 1.66. The summed E-state index contributed by atoms with van der Waals surface area (Å²) < 4.78 is 15.8. The number of alkyl carbamates (subject to hydrolysis) is 1. The molecule has 0 spiro atoms. The van der Waals surface area contributed by atoms with Gasteiger partial charge in [0.1, 0.15) is 11.4 Å². The monoisotopic (exact) mass is 436 g/mol. The largest absolute Gasteiger partial charge is 0.497 e. The van der Waals surface area contributed by atoms with E-state index in [4.69, 9.17) is 14.2 Å². The van der Waals surface area contributed by atoms with Crippen LogP contribution < -0.4 is 20.7 Å². The Kier molecular flexibility index (Phi) is 13.1. The fraction of sp³-hybridized carbons (Fsp3) is 0.652. The maximum Gasteiger partial charge on any atom is 0.407 e. The molecule has 0 unspecified atom stereocenters. The molecule has 0 aliphatic heterocycles. The average molecular weight is 437 g/mol. The zero-order valence-corrected chi connectivity index (χ0v) is 19.8. The molecule has 0 fully saturated rings.